The Balaban J connectivity index is 1.42. The first-order chi connectivity index (χ1) is 45.8. The van der Waals surface area contributed by atoms with E-state index < -0.39 is 124 Å². The maximum absolute atomic E-state index is 13.4. The Morgan fingerprint density at radius 2 is 0.713 bits per heavy atom. The van der Waals surface area contributed by atoms with Crippen LogP contribution in [0, 0.1) is 0 Å². The molecule has 3 fully saturated rings. The summed E-state index contributed by atoms with van der Waals surface area (Å²) in [5.41, 5.74) is 0. The van der Waals surface area contributed by atoms with Crippen LogP contribution >= 0.6 is 0 Å². The largest absolute Gasteiger partial charge is 0.394 e. The normalized spacial score (nSPS) is 27.6. The third-order valence-electron chi connectivity index (χ3n) is 18.8. The summed E-state index contributed by atoms with van der Waals surface area (Å²) in [5.74, 6) is -0.285. The van der Waals surface area contributed by atoms with Crippen LogP contribution in [0.4, 0.5) is 0 Å². The molecule has 0 aliphatic carbocycles. The van der Waals surface area contributed by atoms with E-state index in [2.05, 4.69) is 55.6 Å². The van der Waals surface area contributed by atoms with Crippen molar-refractivity contribution < 1.29 is 89.4 Å². The highest BCUT2D eigenvalue weighted by Crippen LogP contribution is 2.33. The molecule has 3 heterocycles. The Hall–Kier alpha value is -2.25. The zero-order valence-corrected chi connectivity index (χ0v) is 58.4. The van der Waals surface area contributed by atoms with Crippen molar-refractivity contribution in [2.24, 2.45) is 0 Å². The molecule has 1 amide bonds. The fourth-order valence-electron chi connectivity index (χ4n) is 12.7. The Kier molecular flexibility index (Phi) is 51.7. The fourth-order valence-corrected chi connectivity index (χ4v) is 12.7. The van der Waals surface area contributed by atoms with Crippen LogP contribution in [0.15, 0.2) is 48.6 Å². The van der Waals surface area contributed by atoms with Gasteiger partial charge in [-0.1, -0.05) is 268 Å². The summed E-state index contributed by atoms with van der Waals surface area (Å²) in [5, 5.41) is 121. The van der Waals surface area contributed by atoms with Gasteiger partial charge in [0.2, 0.25) is 5.91 Å². The van der Waals surface area contributed by atoms with Gasteiger partial charge in [0.25, 0.3) is 0 Å². The van der Waals surface area contributed by atoms with Crippen LogP contribution in [0.3, 0.4) is 0 Å². The van der Waals surface area contributed by atoms with Crippen molar-refractivity contribution in [3.8, 4) is 0 Å². The molecule has 0 radical (unpaired) electrons. The number of nitrogens with one attached hydrogen (secondary N) is 1. The maximum Gasteiger partial charge on any atom is 0.220 e. The summed E-state index contributed by atoms with van der Waals surface area (Å²) in [6, 6.07) is -0.993. The highest BCUT2D eigenvalue weighted by Gasteiger charge is 2.53. The SMILES string of the molecule is CCCCCCC/C=C\C/C=C\CCCCCCCCCCCCCC(=O)NC(COC1OC(CO)C(OC2OC(CO)C(OC3OC(CO)C(O)C(O)C3O)C(O)C2O)C(O)C1O)C(O)/C=C/CC/C=C/CCCCCCCCCCCCCCCCCCCCCC. The number of aliphatic hydroxyl groups excluding tert-OH is 11. The second kappa shape index (κ2) is 56.5. The summed E-state index contributed by atoms with van der Waals surface area (Å²) in [6.07, 6.45) is 42.3. The molecule has 17 unspecified atom stereocenters. The van der Waals surface area contributed by atoms with Crippen molar-refractivity contribution in [3.05, 3.63) is 48.6 Å². The summed E-state index contributed by atoms with van der Waals surface area (Å²) in [4.78, 5) is 13.4. The molecule has 0 spiro atoms. The molecule has 0 aromatic carbocycles. The molecule has 94 heavy (non-hydrogen) atoms. The van der Waals surface area contributed by atoms with Gasteiger partial charge < -0.3 is 89.9 Å². The van der Waals surface area contributed by atoms with E-state index in [-0.39, 0.29) is 18.9 Å². The van der Waals surface area contributed by atoms with Gasteiger partial charge >= 0.3 is 0 Å². The van der Waals surface area contributed by atoms with Crippen LogP contribution < -0.4 is 5.32 Å². The highest BCUT2D eigenvalue weighted by atomic mass is 16.8. The molecule has 19 nitrogen and oxygen atoms in total. The Bertz CT molecular complexity index is 1890. The summed E-state index contributed by atoms with van der Waals surface area (Å²) < 4.78 is 34.4. The van der Waals surface area contributed by atoms with Crippen LogP contribution in [0.25, 0.3) is 0 Å². The molecule has 19 heteroatoms. The number of unbranched alkanes of at least 4 members (excludes halogenated alkanes) is 37. The quantitative estimate of drug-likeness (QED) is 0.0199. The second-order valence-corrected chi connectivity index (χ2v) is 27.1. The molecule has 0 saturated carbocycles. The first kappa shape index (κ1) is 86.0. The number of allylic oxidation sites excluding steroid dienone is 7. The van der Waals surface area contributed by atoms with Gasteiger partial charge in [0, 0.05) is 6.42 Å². The van der Waals surface area contributed by atoms with Crippen LogP contribution in [0.1, 0.15) is 290 Å². The third kappa shape index (κ3) is 37.3. The van der Waals surface area contributed by atoms with Crippen molar-refractivity contribution in [2.45, 2.75) is 394 Å². The van der Waals surface area contributed by atoms with E-state index in [1.54, 1.807) is 6.08 Å². The van der Waals surface area contributed by atoms with E-state index in [9.17, 15) is 61.0 Å². The number of amides is 1. The number of aliphatic hydroxyl groups is 11. The summed E-state index contributed by atoms with van der Waals surface area (Å²) >= 11 is 0. The van der Waals surface area contributed by atoms with Gasteiger partial charge in [-0.3, -0.25) is 4.79 Å². The van der Waals surface area contributed by atoms with Crippen molar-refractivity contribution >= 4 is 5.91 Å². The lowest BCUT2D eigenvalue weighted by Crippen LogP contribution is -2.66. The van der Waals surface area contributed by atoms with E-state index in [4.69, 9.17) is 28.4 Å². The number of ether oxygens (including phenoxy) is 6. The van der Waals surface area contributed by atoms with Crippen LogP contribution in [-0.4, -0.2) is 193 Å². The lowest BCUT2D eigenvalue weighted by atomic mass is 9.96. The predicted molar refractivity (Wildman–Crippen MR) is 369 cm³/mol. The average molecular weight is 1340 g/mol. The average Bonchev–Trinajstić information content (AvgIpc) is 0.787. The first-order valence-electron chi connectivity index (χ1n) is 37.9. The van der Waals surface area contributed by atoms with Gasteiger partial charge in [-0.25, -0.2) is 0 Å². The molecule has 3 aliphatic rings. The number of carbonyl (C=O) groups excluding carboxylic acids is 1. The number of carbonyl (C=O) groups is 1. The Morgan fingerprint density at radius 3 is 1.13 bits per heavy atom. The molecule has 3 aliphatic heterocycles. The molecule has 0 bridgehead atoms. The van der Waals surface area contributed by atoms with Gasteiger partial charge in [-0.05, 0) is 64.2 Å². The number of rotatable bonds is 59. The van der Waals surface area contributed by atoms with Crippen molar-refractivity contribution in [3.63, 3.8) is 0 Å². The van der Waals surface area contributed by atoms with E-state index >= 15 is 0 Å². The smallest absolute Gasteiger partial charge is 0.220 e. The predicted octanol–water partition coefficient (Wildman–Crippen LogP) is 11.3. The van der Waals surface area contributed by atoms with Crippen molar-refractivity contribution in [2.75, 3.05) is 26.4 Å². The summed E-state index contributed by atoms with van der Waals surface area (Å²) in [7, 11) is 0. The van der Waals surface area contributed by atoms with Crippen molar-refractivity contribution in [1.29, 1.82) is 0 Å². The minimum absolute atomic E-state index is 0.233. The zero-order chi connectivity index (χ0) is 68.2. The first-order valence-corrected chi connectivity index (χ1v) is 37.9. The van der Waals surface area contributed by atoms with E-state index in [1.165, 1.54) is 205 Å². The maximum atomic E-state index is 13.4. The highest BCUT2D eigenvalue weighted by molar-refractivity contribution is 5.76. The Morgan fingerprint density at radius 1 is 0.383 bits per heavy atom. The number of hydrogen-bond acceptors (Lipinski definition) is 18. The molecule has 3 rings (SSSR count). The molecular formula is C75H137NO18. The fraction of sp³-hybridized carbons (Fsp3) is 0.880. The van der Waals surface area contributed by atoms with E-state index in [1.807, 2.05) is 6.08 Å². The third-order valence-corrected chi connectivity index (χ3v) is 18.8. The molecular weight excluding hydrogens is 1200 g/mol. The Labute approximate surface area is 567 Å². The van der Waals surface area contributed by atoms with Crippen LogP contribution in [0.5, 0.6) is 0 Å². The van der Waals surface area contributed by atoms with Crippen molar-refractivity contribution in [1.82, 2.24) is 5.32 Å². The number of hydrogen-bond donors (Lipinski definition) is 12. The summed E-state index contributed by atoms with van der Waals surface area (Å²) in [6.45, 7) is 1.74. The van der Waals surface area contributed by atoms with E-state index in [0.717, 1.165) is 51.4 Å². The lowest BCUT2D eigenvalue weighted by Gasteiger charge is -2.48. The van der Waals surface area contributed by atoms with Gasteiger partial charge in [0.1, 0.15) is 73.2 Å². The van der Waals surface area contributed by atoms with Gasteiger partial charge in [0.05, 0.1) is 38.6 Å². The van der Waals surface area contributed by atoms with Gasteiger partial charge in [0.15, 0.2) is 18.9 Å². The standard InChI is InChI=1S/C75H137NO18/c1-3-5-7-9-11-13-15-17-19-21-23-25-27-28-29-31-32-34-36-38-40-42-44-46-48-50-52-59(80)58(76-63(81)53-51-49-47-45-43-41-39-37-35-33-30-26-24-22-20-18-16-14-12-10-8-6-4-2)57-89-73-69(87)66(84)71(61(55-78)91-73)94-75-70(88)67(85)72(62(56-79)92-75)93-74-68(86)65(83)64(82)60(54-77)90-74/h16,18,22,24,42,44,50,52,58-62,64-75,77-80,82-88H,3-15,17,19-21,23,25-41,43,45-49,51,53-57H2,1-2H3,(H,76,81)/b18-16-,24-22-,44-42+,52-50+. The van der Waals surface area contributed by atoms with Gasteiger partial charge in [-0.2, -0.15) is 0 Å². The minimum Gasteiger partial charge on any atom is -0.394 e. The lowest BCUT2D eigenvalue weighted by molar-refractivity contribution is -0.379. The molecule has 3 saturated heterocycles. The monoisotopic (exact) mass is 1340 g/mol. The van der Waals surface area contributed by atoms with Crippen LogP contribution in [0.2, 0.25) is 0 Å². The minimum atomic E-state index is -1.98. The molecule has 0 aromatic heterocycles. The van der Waals surface area contributed by atoms with E-state index in [0.29, 0.717) is 12.8 Å². The molecule has 12 N–H and O–H groups in total. The molecule has 550 valence electrons. The van der Waals surface area contributed by atoms with Crippen LogP contribution in [-0.2, 0) is 33.2 Å². The second-order valence-electron chi connectivity index (χ2n) is 27.1. The molecule has 0 aromatic rings. The van der Waals surface area contributed by atoms with Gasteiger partial charge in [-0.15, -0.1) is 0 Å². The molecule has 17 atom stereocenters. The zero-order valence-electron chi connectivity index (χ0n) is 58.4. The topological polar surface area (TPSA) is 307 Å².